The third-order valence-electron chi connectivity index (χ3n) is 3.22. The molecule has 3 rings (SSSR count). The van der Waals surface area contributed by atoms with Gasteiger partial charge in [0.1, 0.15) is 12.4 Å². The first-order valence-electron chi connectivity index (χ1n) is 6.91. The highest BCUT2D eigenvalue weighted by Crippen LogP contribution is 2.30. The van der Waals surface area contributed by atoms with E-state index in [1.807, 2.05) is 10.3 Å². The minimum atomic E-state index is -4.10. The van der Waals surface area contributed by atoms with Crippen molar-refractivity contribution in [1.29, 1.82) is 0 Å². The van der Waals surface area contributed by atoms with Crippen LogP contribution < -0.4 is 19.7 Å². The highest BCUT2D eigenvalue weighted by atomic mass is 32.2. The Morgan fingerprint density at radius 2 is 1.88 bits per heavy atom. The van der Waals surface area contributed by atoms with Gasteiger partial charge in [0.25, 0.3) is 15.9 Å². The number of amides is 1. The summed E-state index contributed by atoms with van der Waals surface area (Å²) in [5.74, 6) is -0.548. The molecule has 24 heavy (non-hydrogen) atoms. The Morgan fingerprint density at radius 3 is 2.62 bits per heavy atom. The normalized spacial score (nSPS) is 16.5. The fourth-order valence-corrected chi connectivity index (χ4v) is 2.92. The number of carbonyl (C=O) groups excluding carboxylic acids is 1. The van der Waals surface area contributed by atoms with Gasteiger partial charge in [-0.2, -0.15) is 0 Å². The molecule has 0 saturated carbocycles. The number of carbonyl (C=O) groups is 1. The topological polar surface area (TPSA) is 93.7 Å². The number of para-hydroxylation sites is 2. The van der Waals surface area contributed by atoms with Gasteiger partial charge in [-0.25, -0.2) is 12.8 Å². The van der Waals surface area contributed by atoms with Crippen molar-refractivity contribution in [3.8, 4) is 11.5 Å². The lowest BCUT2D eigenvalue weighted by atomic mass is 10.2. The fourth-order valence-electron chi connectivity index (χ4n) is 2.04. The zero-order chi connectivity index (χ0) is 17.2. The van der Waals surface area contributed by atoms with Gasteiger partial charge in [0.05, 0.1) is 4.90 Å². The van der Waals surface area contributed by atoms with Crippen molar-refractivity contribution in [1.82, 2.24) is 10.3 Å². The summed E-state index contributed by atoms with van der Waals surface area (Å²) >= 11 is 0. The van der Waals surface area contributed by atoms with Crippen LogP contribution in [0.3, 0.4) is 0 Å². The van der Waals surface area contributed by atoms with Crippen LogP contribution in [-0.2, 0) is 14.8 Å². The number of halogens is 1. The fraction of sp³-hybridized carbons (Fsp3) is 0.133. The molecule has 126 valence electrons. The van der Waals surface area contributed by atoms with Crippen LogP contribution in [0, 0.1) is 5.82 Å². The zero-order valence-electron chi connectivity index (χ0n) is 12.2. The number of nitrogens with one attached hydrogen (secondary N) is 2. The van der Waals surface area contributed by atoms with Crippen LogP contribution in [0.4, 0.5) is 4.39 Å². The predicted octanol–water partition coefficient (Wildman–Crippen LogP) is 0.975. The van der Waals surface area contributed by atoms with Gasteiger partial charge < -0.3 is 9.47 Å². The number of benzene rings is 2. The lowest BCUT2D eigenvalue weighted by molar-refractivity contribution is -0.130. The first-order chi connectivity index (χ1) is 11.5. The maximum Gasteiger partial charge on any atom is 0.279 e. The predicted molar refractivity (Wildman–Crippen MR) is 81.2 cm³/mol. The molecule has 2 N–H and O–H groups in total. The average Bonchev–Trinajstić information content (AvgIpc) is 2.59. The van der Waals surface area contributed by atoms with E-state index in [2.05, 4.69) is 0 Å². The Kier molecular flexibility index (Phi) is 4.36. The number of sulfonamides is 1. The number of ether oxygens (including phenoxy) is 2. The Hall–Kier alpha value is -2.65. The second-order valence-electron chi connectivity index (χ2n) is 4.92. The maximum atomic E-state index is 13.1. The molecule has 0 aromatic heterocycles. The van der Waals surface area contributed by atoms with Crippen molar-refractivity contribution < 1.29 is 27.1 Å². The zero-order valence-corrected chi connectivity index (χ0v) is 13.0. The number of hydrogen-bond donors (Lipinski definition) is 2. The van der Waals surface area contributed by atoms with Crippen molar-refractivity contribution in [2.75, 3.05) is 6.61 Å². The SMILES string of the molecule is O=C(NNS(=O)(=O)c1cccc(F)c1)[C@H]1COc2ccccc2O1. The number of fused-ring (bicyclic) bond motifs is 1. The van der Waals surface area contributed by atoms with E-state index in [0.29, 0.717) is 11.5 Å². The molecule has 7 nitrogen and oxygen atoms in total. The first kappa shape index (κ1) is 16.2. The molecule has 1 aliphatic rings. The third-order valence-corrected chi connectivity index (χ3v) is 4.46. The van der Waals surface area contributed by atoms with Gasteiger partial charge in [0, 0.05) is 0 Å². The molecule has 0 bridgehead atoms. The van der Waals surface area contributed by atoms with E-state index in [0.717, 1.165) is 12.1 Å². The molecular weight excluding hydrogens is 339 g/mol. The van der Waals surface area contributed by atoms with E-state index in [1.165, 1.54) is 12.1 Å². The van der Waals surface area contributed by atoms with Crippen molar-refractivity contribution >= 4 is 15.9 Å². The van der Waals surface area contributed by atoms with Crippen LogP contribution in [0.25, 0.3) is 0 Å². The molecule has 9 heteroatoms. The first-order valence-corrected chi connectivity index (χ1v) is 8.40. The lowest BCUT2D eigenvalue weighted by Crippen LogP contribution is -2.50. The summed E-state index contributed by atoms with van der Waals surface area (Å²) in [4.78, 5) is 13.6. The highest BCUT2D eigenvalue weighted by molar-refractivity contribution is 7.89. The van der Waals surface area contributed by atoms with Crippen molar-refractivity contribution in [3.05, 3.63) is 54.3 Å². The lowest BCUT2D eigenvalue weighted by Gasteiger charge is -2.25. The van der Waals surface area contributed by atoms with Crippen molar-refractivity contribution in [2.45, 2.75) is 11.0 Å². The van der Waals surface area contributed by atoms with Gasteiger partial charge in [-0.3, -0.25) is 10.2 Å². The molecule has 1 aliphatic heterocycles. The molecule has 0 radical (unpaired) electrons. The van der Waals surface area contributed by atoms with Crippen LogP contribution in [0.2, 0.25) is 0 Å². The smallest absolute Gasteiger partial charge is 0.279 e. The highest BCUT2D eigenvalue weighted by Gasteiger charge is 2.28. The number of hydrazine groups is 1. The van der Waals surface area contributed by atoms with Crippen LogP contribution in [0.1, 0.15) is 0 Å². The summed E-state index contributed by atoms with van der Waals surface area (Å²) in [7, 11) is -4.10. The minimum Gasteiger partial charge on any atom is -0.485 e. The van der Waals surface area contributed by atoms with Gasteiger partial charge in [-0.05, 0) is 30.3 Å². The molecule has 0 spiro atoms. The molecule has 0 aliphatic carbocycles. The summed E-state index contributed by atoms with van der Waals surface area (Å²) in [6.07, 6.45) is -1.02. The second kappa shape index (κ2) is 6.46. The molecule has 0 fully saturated rings. The third kappa shape index (κ3) is 3.47. The second-order valence-corrected chi connectivity index (χ2v) is 6.60. The molecule has 1 amide bonds. The van der Waals surface area contributed by atoms with E-state index in [4.69, 9.17) is 9.47 Å². The van der Waals surface area contributed by atoms with Crippen LogP contribution >= 0.6 is 0 Å². The van der Waals surface area contributed by atoms with Gasteiger partial charge in [-0.1, -0.05) is 18.2 Å². The summed E-state index contributed by atoms with van der Waals surface area (Å²) in [5.41, 5.74) is 2.04. The number of hydrogen-bond acceptors (Lipinski definition) is 5. The molecule has 0 unspecified atom stereocenters. The summed E-state index contributed by atoms with van der Waals surface area (Å²) in [6, 6.07) is 11.2. The summed E-state index contributed by atoms with van der Waals surface area (Å²) < 4.78 is 48.0. The van der Waals surface area contributed by atoms with Crippen LogP contribution in [0.5, 0.6) is 11.5 Å². The van der Waals surface area contributed by atoms with E-state index in [-0.39, 0.29) is 11.5 Å². The van der Waals surface area contributed by atoms with E-state index >= 15 is 0 Å². The van der Waals surface area contributed by atoms with E-state index < -0.39 is 27.9 Å². The van der Waals surface area contributed by atoms with Crippen LogP contribution in [-0.4, -0.2) is 27.0 Å². The Bertz CT molecular complexity index is 872. The minimum absolute atomic E-state index is 0.0649. The largest absolute Gasteiger partial charge is 0.485 e. The van der Waals surface area contributed by atoms with E-state index in [9.17, 15) is 17.6 Å². The molecule has 2 aromatic rings. The molecule has 0 saturated heterocycles. The Balaban J connectivity index is 1.64. The Morgan fingerprint density at radius 1 is 1.12 bits per heavy atom. The van der Waals surface area contributed by atoms with Crippen molar-refractivity contribution in [2.24, 2.45) is 0 Å². The Labute approximate surface area is 137 Å². The standard InChI is InChI=1S/C15H13FN2O5S/c16-10-4-3-5-11(8-10)24(20,21)18-17-15(19)14-9-22-12-6-1-2-7-13(12)23-14/h1-8,14,18H,9H2,(H,17,19)/t14-/m1/s1. The summed E-state index contributed by atoms with van der Waals surface area (Å²) in [5, 5.41) is 0. The monoisotopic (exact) mass is 352 g/mol. The number of rotatable bonds is 4. The van der Waals surface area contributed by atoms with Gasteiger partial charge in [-0.15, -0.1) is 4.83 Å². The van der Waals surface area contributed by atoms with Crippen molar-refractivity contribution in [3.63, 3.8) is 0 Å². The summed E-state index contributed by atoms with van der Waals surface area (Å²) in [6.45, 7) is -0.0649. The average molecular weight is 352 g/mol. The molecule has 1 atom stereocenters. The maximum absolute atomic E-state index is 13.1. The molecular formula is C15H13FN2O5S. The molecule has 1 heterocycles. The van der Waals surface area contributed by atoms with Gasteiger partial charge in [0.2, 0.25) is 6.10 Å². The quantitative estimate of drug-likeness (QED) is 0.800. The van der Waals surface area contributed by atoms with Gasteiger partial charge in [0.15, 0.2) is 11.5 Å². The van der Waals surface area contributed by atoms with Crippen LogP contribution in [0.15, 0.2) is 53.4 Å². The molecule has 2 aromatic carbocycles. The van der Waals surface area contributed by atoms with Gasteiger partial charge >= 0.3 is 0 Å². The van der Waals surface area contributed by atoms with E-state index in [1.54, 1.807) is 24.3 Å².